The van der Waals surface area contributed by atoms with Crippen LogP contribution in [0.25, 0.3) is 10.8 Å². The smallest absolute Gasteiger partial charge is 0.258 e. The minimum absolute atomic E-state index is 0.0752. The summed E-state index contributed by atoms with van der Waals surface area (Å²) in [6, 6.07) is 20.9. The summed E-state index contributed by atoms with van der Waals surface area (Å²) < 4.78 is 0. The number of benzene rings is 3. The van der Waals surface area contributed by atoms with E-state index in [2.05, 4.69) is 5.32 Å². The molecule has 1 heterocycles. The molecule has 4 heteroatoms. The molecule has 0 aliphatic carbocycles. The number of carbonyl (C=O) groups excluding carboxylic acids is 2. The van der Waals surface area contributed by atoms with E-state index in [9.17, 15) is 9.59 Å². The zero-order valence-corrected chi connectivity index (χ0v) is 13.9. The van der Waals surface area contributed by atoms with Crippen LogP contribution in [0.2, 0.25) is 0 Å². The second-order valence-electron chi connectivity index (χ2n) is 6.36. The first-order chi connectivity index (χ1) is 12.1. The largest absolute Gasteiger partial charge is 0.324 e. The molecule has 0 radical (unpaired) electrons. The molecule has 0 aromatic heterocycles. The Kier molecular flexibility index (Phi) is 3.73. The number of hydrogen-bond acceptors (Lipinski definition) is 2. The van der Waals surface area contributed by atoms with Gasteiger partial charge in [-0.05, 0) is 42.0 Å². The van der Waals surface area contributed by atoms with Crippen LogP contribution in [0.1, 0.15) is 23.7 Å². The summed E-state index contributed by atoms with van der Waals surface area (Å²) in [4.78, 5) is 27.1. The molecule has 0 bridgehead atoms. The lowest BCUT2D eigenvalue weighted by molar-refractivity contribution is -0.116. The SMILES string of the molecule is C[C@H]1CC(=O)Nc2ccccc2N1C(=O)c1ccc2ccccc2c1. The predicted octanol–water partition coefficient (Wildman–Crippen LogP) is 4.22. The highest BCUT2D eigenvalue weighted by molar-refractivity contribution is 6.12. The average molecular weight is 330 g/mol. The van der Waals surface area contributed by atoms with Crippen LogP contribution in [0.3, 0.4) is 0 Å². The van der Waals surface area contributed by atoms with E-state index in [0.29, 0.717) is 11.3 Å². The van der Waals surface area contributed by atoms with Gasteiger partial charge >= 0.3 is 0 Å². The fourth-order valence-electron chi connectivity index (χ4n) is 3.36. The number of carbonyl (C=O) groups is 2. The van der Waals surface area contributed by atoms with Gasteiger partial charge in [-0.15, -0.1) is 0 Å². The third-order valence-corrected chi connectivity index (χ3v) is 4.57. The van der Waals surface area contributed by atoms with Crippen molar-refractivity contribution in [2.45, 2.75) is 19.4 Å². The van der Waals surface area contributed by atoms with Gasteiger partial charge in [0.1, 0.15) is 0 Å². The number of fused-ring (bicyclic) bond motifs is 2. The maximum absolute atomic E-state index is 13.3. The molecule has 0 spiro atoms. The highest BCUT2D eigenvalue weighted by Gasteiger charge is 2.30. The van der Waals surface area contributed by atoms with Crippen molar-refractivity contribution in [2.24, 2.45) is 0 Å². The number of hydrogen-bond donors (Lipinski definition) is 1. The molecule has 25 heavy (non-hydrogen) atoms. The summed E-state index contributed by atoms with van der Waals surface area (Å²) in [5.41, 5.74) is 2.03. The topological polar surface area (TPSA) is 49.4 Å². The summed E-state index contributed by atoms with van der Waals surface area (Å²) in [6.07, 6.45) is 0.272. The van der Waals surface area contributed by atoms with Crippen molar-refractivity contribution >= 4 is 34.0 Å². The number of amides is 2. The van der Waals surface area contributed by atoms with E-state index in [1.807, 2.05) is 73.7 Å². The van der Waals surface area contributed by atoms with Crippen LogP contribution < -0.4 is 10.2 Å². The summed E-state index contributed by atoms with van der Waals surface area (Å²) in [7, 11) is 0. The van der Waals surface area contributed by atoms with Crippen LogP contribution in [0.5, 0.6) is 0 Å². The molecule has 0 fully saturated rings. The zero-order chi connectivity index (χ0) is 17.4. The Hall–Kier alpha value is -3.14. The van der Waals surface area contributed by atoms with Crippen molar-refractivity contribution in [3.63, 3.8) is 0 Å². The molecule has 3 aromatic carbocycles. The van der Waals surface area contributed by atoms with Crippen molar-refractivity contribution in [3.8, 4) is 0 Å². The number of nitrogens with zero attached hydrogens (tertiary/aromatic N) is 1. The first-order valence-electron chi connectivity index (χ1n) is 8.35. The number of para-hydroxylation sites is 2. The lowest BCUT2D eigenvalue weighted by Crippen LogP contribution is -2.39. The quantitative estimate of drug-likeness (QED) is 0.726. The van der Waals surface area contributed by atoms with Gasteiger partial charge < -0.3 is 10.2 Å². The first-order valence-corrected chi connectivity index (χ1v) is 8.35. The van der Waals surface area contributed by atoms with E-state index >= 15 is 0 Å². The van der Waals surface area contributed by atoms with Gasteiger partial charge in [0.2, 0.25) is 5.91 Å². The Bertz CT molecular complexity index is 980. The summed E-state index contributed by atoms with van der Waals surface area (Å²) in [6.45, 7) is 1.90. The second-order valence-corrected chi connectivity index (χ2v) is 6.36. The lowest BCUT2D eigenvalue weighted by Gasteiger charge is -2.28. The Morgan fingerprint density at radius 1 is 1.00 bits per heavy atom. The molecule has 2 amide bonds. The van der Waals surface area contributed by atoms with Gasteiger partial charge in [0, 0.05) is 18.0 Å². The van der Waals surface area contributed by atoms with Crippen LogP contribution >= 0.6 is 0 Å². The van der Waals surface area contributed by atoms with Gasteiger partial charge in [0.05, 0.1) is 11.4 Å². The number of rotatable bonds is 1. The van der Waals surface area contributed by atoms with Gasteiger partial charge in [-0.3, -0.25) is 9.59 Å². The van der Waals surface area contributed by atoms with Crippen LogP contribution in [0, 0.1) is 0 Å². The van der Waals surface area contributed by atoms with Gasteiger partial charge in [-0.25, -0.2) is 0 Å². The van der Waals surface area contributed by atoms with Crippen molar-refractivity contribution in [3.05, 3.63) is 72.3 Å². The first kappa shape index (κ1) is 15.4. The van der Waals surface area contributed by atoms with E-state index < -0.39 is 0 Å². The van der Waals surface area contributed by atoms with Gasteiger partial charge in [0.25, 0.3) is 5.91 Å². The van der Waals surface area contributed by atoms with E-state index in [4.69, 9.17) is 0 Å². The zero-order valence-electron chi connectivity index (χ0n) is 13.9. The van der Waals surface area contributed by atoms with Crippen molar-refractivity contribution in [1.82, 2.24) is 0 Å². The highest BCUT2D eigenvalue weighted by atomic mass is 16.2. The molecule has 0 unspecified atom stereocenters. The predicted molar refractivity (Wildman–Crippen MR) is 99.9 cm³/mol. The third kappa shape index (κ3) is 2.76. The Morgan fingerprint density at radius 2 is 1.72 bits per heavy atom. The third-order valence-electron chi connectivity index (χ3n) is 4.57. The maximum Gasteiger partial charge on any atom is 0.258 e. The minimum atomic E-state index is -0.220. The van der Waals surface area contributed by atoms with Crippen LogP contribution in [0.15, 0.2) is 66.7 Å². The number of nitrogens with one attached hydrogen (secondary N) is 1. The van der Waals surface area contributed by atoms with Crippen molar-refractivity contribution in [1.29, 1.82) is 0 Å². The summed E-state index contributed by atoms with van der Waals surface area (Å²) in [5, 5.41) is 5.01. The van der Waals surface area contributed by atoms with E-state index in [0.717, 1.165) is 16.5 Å². The molecule has 0 saturated carbocycles. The molecule has 1 N–H and O–H groups in total. The highest BCUT2D eigenvalue weighted by Crippen LogP contribution is 2.32. The van der Waals surface area contributed by atoms with E-state index in [-0.39, 0.29) is 24.3 Å². The van der Waals surface area contributed by atoms with Crippen molar-refractivity contribution < 1.29 is 9.59 Å². The van der Waals surface area contributed by atoms with Crippen LogP contribution in [-0.2, 0) is 4.79 Å². The fraction of sp³-hybridized carbons (Fsp3) is 0.143. The van der Waals surface area contributed by atoms with Crippen LogP contribution in [-0.4, -0.2) is 17.9 Å². The van der Waals surface area contributed by atoms with Gasteiger partial charge in [-0.1, -0.05) is 42.5 Å². The molecule has 1 aliphatic heterocycles. The van der Waals surface area contributed by atoms with Gasteiger partial charge in [-0.2, -0.15) is 0 Å². The molecular weight excluding hydrogens is 312 g/mol. The molecule has 1 atom stereocenters. The average Bonchev–Trinajstić information content (AvgIpc) is 2.75. The lowest BCUT2D eigenvalue weighted by atomic mass is 10.0. The second kappa shape index (κ2) is 6.06. The molecule has 3 aromatic rings. The molecule has 124 valence electrons. The summed E-state index contributed by atoms with van der Waals surface area (Å²) in [5.74, 6) is -0.170. The molecular formula is C21H18N2O2. The molecule has 1 aliphatic rings. The van der Waals surface area contributed by atoms with E-state index in [1.165, 1.54) is 0 Å². The monoisotopic (exact) mass is 330 g/mol. The Balaban J connectivity index is 1.80. The normalized spacial score (nSPS) is 16.9. The Labute approximate surface area is 146 Å². The van der Waals surface area contributed by atoms with E-state index in [1.54, 1.807) is 4.90 Å². The number of anilines is 2. The standard InChI is InChI=1S/C21H18N2O2/c1-14-12-20(24)22-18-8-4-5-9-19(18)23(14)21(25)17-11-10-15-6-2-3-7-16(15)13-17/h2-11,13-14H,12H2,1H3,(H,22,24)/t14-/m0/s1. The molecule has 4 nitrogen and oxygen atoms in total. The fourth-order valence-corrected chi connectivity index (χ4v) is 3.36. The molecule has 0 saturated heterocycles. The minimum Gasteiger partial charge on any atom is -0.324 e. The van der Waals surface area contributed by atoms with Crippen molar-refractivity contribution in [2.75, 3.05) is 10.2 Å². The van der Waals surface area contributed by atoms with Crippen LogP contribution in [0.4, 0.5) is 11.4 Å². The van der Waals surface area contributed by atoms with Gasteiger partial charge in [0.15, 0.2) is 0 Å². The summed E-state index contributed by atoms with van der Waals surface area (Å²) >= 11 is 0. The Morgan fingerprint density at radius 3 is 2.56 bits per heavy atom. The molecule has 4 rings (SSSR count). The maximum atomic E-state index is 13.3.